The molecule has 0 radical (unpaired) electrons. The van der Waals surface area contributed by atoms with Crippen LogP contribution in [0.15, 0.2) is 53.5 Å². The van der Waals surface area contributed by atoms with Crippen molar-refractivity contribution in [3.05, 3.63) is 75.7 Å². The van der Waals surface area contributed by atoms with E-state index in [1.165, 1.54) is 28.7 Å². The van der Waals surface area contributed by atoms with E-state index in [4.69, 9.17) is 0 Å². The lowest BCUT2D eigenvalue weighted by Crippen LogP contribution is -2.16. The molecule has 31 heavy (non-hydrogen) atoms. The molecule has 158 valence electrons. The molecule has 0 spiro atoms. The van der Waals surface area contributed by atoms with E-state index in [2.05, 4.69) is 20.6 Å². The Balaban J connectivity index is 1.33. The summed E-state index contributed by atoms with van der Waals surface area (Å²) in [5, 5.41) is 9.49. The molecule has 0 fully saturated rings. The molecule has 3 aromatic heterocycles. The summed E-state index contributed by atoms with van der Waals surface area (Å²) in [6, 6.07) is 8.28. The summed E-state index contributed by atoms with van der Waals surface area (Å²) >= 11 is 2.77. The molecular weight excluding hydrogens is 437 g/mol. The SMILES string of the molecule is Cc1nccn1-c1ccc(NC(=O)Cc2csc(NC(=O)Cc3cccs3)n2)cc1F. The number of nitrogens with zero attached hydrogens (tertiary/aromatic N) is 3. The fourth-order valence-electron chi connectivity index (χ4n) is 2.96. The van der Waals surface area contributed by atoms with Gasteiger partial charge < -0.3 is 15.2 Å². The molecule has 0 aliphatic carbocycles. The lowest BCUT2D eigenvalue weighted by Gasteiger charge is -2.09. The smallest absolute Gasteiger partial charge is 0.231 e. The Morgan fingerprint density at radius 1 is 1.13 bits per heavy atom. The van der Waals surface area contributed by atoms with Crippen LogP contribution < -0.4 is 10.6 Å². The van der Waals surface area contributed by atoms with E-state index in [-0.39, 0.29) is 24.7 Å². The van der Waals surface area contributed by atoms with Crippen LogP contribution in [0.3, 0.4) is 0 Å². The number of aryl methyl sites for hydroxylation is 1. The van der Waals surface area contributed by atoms with Crippen LogP contribution in [0, 0.1) is 12.7 Å². The van der Waals surface area contributed by atoms with Gasteiger partial charge in [0.1, 0.15) is 11.6 Å². The van der Waals surface area contributed by atoms with Gasteiger partial charge in [-0.3, -0.25) is 9.59 Å². The minimum Gasteiger partial charge on any atom is -0.326 e. The number of rotatable bonds is 7. The standard InChI is InChI=1S/C21H18FN5O2S2/c1-13-23-6-7-27(13)18-5-4-14(9-17(18)22)24-19(28)10-15-12-31-21(25-15)26-20(29)11-16-3-2-8-30-16/h2-9,12H,10-11H2,1H3,(H,24,28)(H,25,26,29). The average molecular weight is 456 g/mol. The molecular formula is C21H18FN5O2S2. The minimum absolute atomic E-state index is 0.0152. The summed E-state index contributed by atoms with van der Waals surface area (Å²) in [5.41, 5.74) is 1.24. The van der Waals surface area contributed by atoms with Gasteiger partial charge in [-0.1, -0.05) is 6.07 Å². The number of thiophene rings is 1. The Morgan fingerprint density at radius 3 is 2.68 bits per heavy atom. The highest BCUT2D eigenvalue weighted by molar-refractivity contribution is 7.14. The van der Waals surface area contributed by atoms with Crippen molar-refractivity contribution in [2.45, 2.75) is 19.8 Å². The molecule has 0 bridgehead atoms. The number of aromatic nitrogens is 3. The van der Waals surface area contributed by atoms with Gasteiger partial charge in [-0.2, -0.15) is 0 Å². The van der Waals surface area contributed by atoms with Crippen molar-refractivity contribution in [3.8, 4) is 5.69 Å². The van der Waals surface area contributed by atoms with Crippen LogP contribution in [-0.2, 0) is 22.4 Å². The van der Waals surface area contributed by atoms with E-state index in [9.17, 15) is 14.0 Å². The van der Waals surface area contributed by atoms with Gasteiger partial charge in [0.2, 0.25) is 11.8 Å². The van der Waals surface area contributed by atoms with E-state index < -0.39 is 5.82 Å². The van der Waals surface area contributed by atoms with Crippen molar-refractivity contribution in [1.82, 2.24) is 14.5 Å². The van der Waals surface area contributed by atoms with Gasteiger partial charge in [0.15, 0.2) is 5.13 Å². The van der Waals surface area contributed by atoms with E-state index in [0.717, 1.165) is 4.88 Å². The monoisotopic (exact) mass is 455 g/mol. The van der Waals surface area contributed by atoms with Crippen molar-refractivity contribution in [2.24, 2.45) is 0 Å². The van der Waals surface area contributed by atoms with E-state index in [1.54, 1.807) is 41.4 Å². The first-order valence-corrected chi connectivity index (χ1v) is 11.1. The largest absolute Gasteiger partial charge is 0.326 e. The number of amides is 2. The number of halogens is 1. The van der Waals surface area contributed by atoms with E-state index in [0.29, 0.717) is 28.0 Å². The third-order valence-corrected chi connectivity index (χ3v) is 6.05. The first kappa shape index (κ1) is 20.9. The number of carbonyl (C=O) groups excluding carboxylic acids is 2. The Hall–Kier alpha value is -3.37. The molecule has 10 heteroatoms. The minimum atomic E-state index is -0.469. The van der Waals surface area contributed by atoms with Crippen LogP contribution >= 0.6 is 22.7 Å². The first-order valence-electron chi connectivity index (χ1n) is 9.34. The Morgan fingerprint density at radius 2 is 1.97 bits per heavy atom. The highest BCUT2D eigenvalue weighted by atomic mass is 32.1. The summed E-state index contributed by atoms with van der Waals surface area (Å²) in [6.45, 7) is 1.78. The normalized spacial score (nSPS) is 10.8. The number of carbonyl (C=O) groups is 2. The van der Waals surface area contributed by atoms with E-state index >= 15 is 0 Å². The van der Waals surface area contributed by atoms with Crippen LogP contribution in [0.1, 0.15) is 16.4 Å². The van der Waals surface area contributed by atoms with Crippen LogP contribution in [0.5, 0.6) is 0 Å². The molecule has 0 aliphatic rings. The van der Waals surface area contributed by atoms with Crippen molar-refractivity contribution in [2.75, 3.05) is 10.6 Å². The number of benzene rings is 1. The van der Waals surface area contributed by atoms with Gasteiger partial charge in [-0.15, -0.1) is 22.7 Å². The number of thiazole rings is 1. The molecule has 7 nitrogen and oxygen atoms in total. The van der Waals surface area contributed by atoms with Crippen molar-refractivity contribution in [1.29, 1.82) is 0 Å². The summed E-state index contributed by atoms with van der Waals surface area (Å²) in [7, 11) is 0. The molecule has 3 heterocycles. The molecule has 2 N–H and O–H groups in total. The van der Waals surface area contributed by atoms with Gasteiger partial charge >= 0.3 is 0 Å². The predicted molar refractivity (Wildman–Crippen MR) is 119 cm³/mol. The molecule has 2 amide bonds. The summed E-state index contributed by atoms with van der Waals surface area (Å²) in [6.07, 6.45) is 3.57. The molecule has 0 atom stereocenters. The van der Waals surface area contributed by atoms with Gasteiger partial charge in [-0.25, -0.2) is 14.4 Å². The third kappa shape index (κ3) is 5.22. The van der Waals surface area contributed by atoms with Gasteiger partial charge in [0.25, 0.3) is 0 Å². The Kier molecular flexibility index (Phi) is 6.19. The lowest BCUT2D eigenvalue weighted by atomic mass is 10.2. The molecule has 1 aromatic carbocycles. The number of hydrogen-bond donors (Lipinski definition) is 2. The zero-order valence-corrected chi connectivity index (χ0v) is 18.1. The summed E-state index contributed by atoms with van der Waals surface area (Å²) in [4.78, 5) is 33.7. The quantitative estimate of drug-likeness (QED) is 0.437. The van der Waals surface area contributed by atoms with Gasteiger partial charge in [0.05, 0.1) is 24.2 Å². The Labute approximate surface area is 185 Å². The van der Waals surface area contributed by atoms with Crippen LogP contribution in [0.4, 0.5) is 15.2 Å². The second kappa shape index (κ2) is 9.19. The fourth-order valence-corrected chi connectivity index (χ4v) is 4.39. The highest BCUT2D eigenvalue weighted by Crippen LogP contribution is 2.21. The maximum Gasteiger partial charge on any atom is 0.231 e. The number of imidazole rings is 1. The highest BCUT2D eigenvalue weighted by Gasteiger charge is 2.13. The predicted octanol–water partition coefficient (Wildman–Crippen LogP) is 4.20. The molecule has 0 saturated carbocycles. The topological polar surface area (TPSA) is 88.9 Å². The third-order valence-electron chi connectivity index (χ3n) is 4.37. The maximum atomic E-state index is 14.5. The summed E-state index contributed by atoms with van der Waals surface area (Å²) < 4.78 is 16.1. The average Bonchev–Trinajstić information content (AvgIpc) is 3.46. The van der Waals surface area contributed by atoms with E-state index in [1.807, 2.05) is 17.5 Å². The van der Waals surface area contributed by atoms with Crippen molar-refractivity contribution < 1.29 is 14.0 Å². The molecule has 4 aromatic rings. The number of hydrogen-bond acceptors (Lipinski definition) is 6. The van der Waals surface area contributed by atoms with Crippen molar-refractivity contribution in [3.63, 3.8) is 0 Å². The molecule has 4 rings (SSSR count). The lowest BCUT2D eigenvalue weighted by molar-refractivity contribution is -0.116. The van der Waals surface area contributed by atoms with Crippen molar-refractivity contribution >= 4 is 45.3 Å². The number of anilines is 2. The second-order valence-electron chi connectivity index (χ2n) is 6.68. The van der Waals surface area contributed by atoms with Crippen LogP contribution in [0.2, 0.25) is 0 Å². The Bertz CT molecular complexity index is 1220. The van der Waals surface area contributed by atoms with Crippen LogP contribution in [-0.4, -0.2) is 26.3 Å². The zero-order chi connectivity index (χ0) is 21.8. The number of nitrogens with one attached hydrogen (secondary N) is 2. The maximum absolute atomic E-state index is 14.5. The van der Waals surface area contributed by atoms with Gasteiger partial charge in [0, 0.05) is 28.3 Å². The fraction of sp³-hybridized carbons (Fsp3) is 0.143. The zero-order valence-electron chi connectivity index (χ0n) is 16.5. The molecule has 0 unspecified atom stereocenters. The summed E-state index contributed by atoms with van der Waals surface area (Å²) in [5.74, 6) is -0.287. The molecule has 0 aliphatic heterocycles. The molecule has 0 saturated heterocycles. The first-order chi connectivity index (χ1) is 15.0. The second-order valence-corrected chi connectivity index (χ2v) is 8.57. The van der Waals surface area contributed by atoms with Crippen LogP contribution in [0.25, 0.3) is 5.69 Å². The van der Waals surface area contributed by atoms with Gasteiger partial charge in [-0.05, 0) is 36.6 Å².